The fourth-order valence-electron chi connectivity index (χ4n) is 2.24. The molecule has 20 heavy (non-hydrogen) atoms. The lowest BCUT2D eigenvalue weighted by Gasteiger charge is -2.22. The number of benzene rings is 1. The molecule has 1 heterocycles. The fourth-order valence-corrected chi connectivity index (χ4v) is 4.42. The first-order valence-corrected chi connectivity index (χ1v) is 7.76. The summed E-state index contributed by atoms with van der Waals surface area (Å²) in [6.07, 6.45) is 1.19. The average molecular weight is 321 g/mol. The summed E-state index contributed by atoms with van der Waals surface area (Å²) in [5, 5.41) is 19.9. The molecule has 0 aliphatic carbocycles. The Morgan fingerprint density at radius 3 is 2.80 bits per heavy atom. The molecule has 110 valence electrons. The predicted octanol–water partition coefficient (Wildman–Crippen LogP) is 1.39. The Hall–Kier alpha value is -1.22. The van der Waals surface area contributed by atoms with Crippen molar-refractivity contribution in [2.24, 2.45) is 0 Å². The Morgan fingerprint density at radius 1 is 1.50 bits per heavy atom. The molecule has 1 fully saturated rings. The maximum Gasteiger partial charge on any atom is 0.270 e. The van der Waals surface area contributed by atoms with Crippen molar-refractivity contribution in [3.63, 3.8) is 0 Å². The van der Waals surface area contributed by atoms with E-state index in [1.807, 2.05) is 0 Å². The van der Waals surface area contributed by atoms with Gasteiger partial charge >= 0.3 is 0 Å². The predicted molar refractivity (Wildman–Crippen MR) is 72.1 cm³/mol. The lowest BCUT2D eigenvalue weighted by molar-refractivity contribution is -0.385. The summed E-state index contributed by atoms with van der Waals surface area (Å²) in [5.41, 5.74) is -0.340. The third kappa shape index (κ3) is 2.64. The van der Waals surface area contributed by atoms with Gasteiger partial charge in [0.15, 0.2) is 0 Å². The molecule has 0 aromatic heterocycles. The van der Waals surface area contributed by atoms with Gasteiger partial charge in [0.25, 0.3) is 5.69 Å². The van der Waals surface area contributed by atoms with Crippen LogP contribution in [-0.4, -0.2) is 41.9 Å². The van der Waals surface area contributed by atoms with Crippen molar-refractivity contribution in [2.75, 3.05) is 13.2 Å². The summed E-state index contributed by atoms with van der Waals surface area (Å²) in [5.74, 6) is 0. The summed E-state index contributed by atoms with van der Waals surface area (Å²) in [6, 6.07) is 2.78. The first-order chi connectivity index (χ1) is 9.37. The lowest BCUT2D eigenvalue weighted by atomic mass is 10.2. The SMILES string of the molecule is O=[N+]([O-])c1ccc(Cl)c(S(=O)(=O)N2CCC[C@H]2CO)c1. The van der Waals surface area contributed by atoms with Crippen LogP contribution in [0.2, 0.25) is 5.02 Å². The van der Waals surface area contributed by atoms with E-state index in [1.54, 1.807) is 0 Å². The topological polar surface area (TPSA) is 101 Å². The van der Waals surface area contributed by atoms with Gasteiger partial charge in [0.1, 0.15) is 4.90 Å². The zero-order chi connectivity index (χ0) is 14.9. The molecule has 0 saturated carbocycles. The van der Waals surface area contributed by atoms with E-state index in [1.165, 1.54) is 6.07 Å². The third-order valence-corrected chi connectivity index (χ3v) is 5.68. The van der Waals surface area contributed by atoms with Gasteiger partial charge in [-0.3, -0.25) is 10.1 Å². The molecule has 1 aromatic carbocycles. The largest absolute Gasteiger partial charge is 0.395 e. The molecule has 1 aliphatic rings. The second kappa shape index (κ2) is 5.65. The Bertz CT molecular complexity index is 634. The first kappa shape index (κ1) is 15.2. The molecule has 0 bridgehead atoms. The maximum atomic E-state index is 12.5. The van der Waals surface area contributed by atoms with Crippen molar-refractivity contribution in [1.29, 1.82) is 0 Å². The Morgan fingerprint density at radius 2 is 2.20 bits per heavy atom. The van der Waals surface area contributed by atoms with E-state index in [-0.39, 0.29) is 28.8 Å². The van der Waals surface area contributed by atoms with Crippen LogP contribution in [0.15, 0.2) is 23.1 Å². The Kier molecular flexibility index (Phi) is 4.28. The quantitative estimate of drug-likeness (QED) is 0.667. The molecule has 1 saturated heterocycles. The maximum absolute atomic E-state index is 12.5. The Balaban J connectivity index is 2.48. The minimum absolute atomic E-state index is 0.0702. The van der Waals surface area contributed by atoms with E-state index in [9.17, 15) is 23.6 Å². The highest BCUT2D eigenvalue weighted by Gasteiger charge is 2.36. The van der Waals surface area contributed by atoms with Gasteiger partial charge in [-0.1, -0.05) is 11.6 Å². The number of aliphatic hydroxyl groups is 1. The van der Waals surface area contributed by atoms with Gasteiger partial charge in [-0.2, -0.15) is 4.31 Å². The molecular weight excluding hydrogens is 308 g/mol. The highest BCUT2D eigenvalue weighted by molar-refractivity contribution is 7.89. The zero-order valence-electron chi connectivity index (χ0n) is 10.4. The van der Waals surface area contributed by atoms with Crippen molar-refractivity contribution in [1.82, 2.24) is 4.31 Å². The fraction of sp³-hybridized carbons (Fsp3) is 0.455. The molecule has 0 radical (unpaired) electrons. The van der Waals surface area contributed by atoms with Gasteiger partial charge in [0, 0.05) is 24.7 Å². The number of sulfonamides is 1. The van der Waals surface area contributed by atoms with Crippen LogP contribution in [0.1, 0.15) is 12.8 Å². The van der Waals surface area contributed by atoms with Crippen LogP contribution in [0, 0.1) is 10.1 Å². The number of hydrogen-bond donors (Lipinski definition) is 1. The van der Waals surface area contributed by atoms with Crippen molar-refractivity contribution < 1.29 is 18.4 Å². The third-order valence-electron chi connectivity index (χ3n) is 3.25. The standard InChI is InChI=1S/C11H13ClN2O5S/c12-10-4-3-8(14(16)17)6-11(10)20(18,19)13-5-1-2-9(13)7-15/h3-4,6,9,15H,1-2,5,7H2/t9-/m0/s1. The number of non-ortho nitro benzene ring substituents is 1. The Labute approximate surface area is 121 Å². The zero-order valence-corrected chi connectivity index (χ0v) is 12.0. The van der Waals surface area contributed by atoms with Crippen LogP contribution in [0.5, 0.6) is 0 Å². The van der Waals surface area contributed by atoms with E-state index in [4.69, 9.17) is 11.6 Å². The van der Waals surface area contributed by atoms with E-state index < -0.39 is 21.0 Å². The van der Waals surface area contributed by atoms with E-state index in [2.05, 4.69) is 0 Å². The molecule has 0 spiro atoms. The summed E-state index contributed by atoms with van der Waals surface area (Å²) in [7, 11) is -3.95. The molecule has 1 aromatic rings. The molecule has 1 N–H and O–H groups in total. The van der Waals surface area contributed by atoms with Crippen LogP contribution in [-0.2, 0) is 10.0 Å². The molecule has 0 unspecified atom stereocenters. The van der Waals surface area contributed by atoms with E-state index in [0.29, 0.717) is 12.8 Å². The van der Waals surface area contributed by atoms with Crippen molar-refractivity contribution in [3.8, 4) is 0 Å². The van der Waals surface area contributed by atoms with Gasteiger partial charge in [0.2, 0.25) is 10.0 Å². The van der Waals surface area contributed by atoms with Crippen LogP contribution in [0.4, 0.5) is 5.69 Å². The van der Waals surface area contributed by atoms with Gasteiger partial charge in [-0.05, 0) is 18.9 Å². The lowest BCUT2D eigenvalue weighted by Crippen LogP contribution is -2.37. The van der Waals surface area contributed by atoms with Crippen LogP contribution in [0.3, 0.4) is 0 Å². The van der Waals surface area contributed by atoms with Crippen molar-refractivity contribution in [2.45, 2.75) is 23.8 Å². The number of hydrogen-bond acceptors (Lipinski definition) is 5. The number of nitro groups is 1. The number of nitrogens with zero attached hydrogens (tertiary/aromatic N) is 2. The molecular formula is C11H13ClN2O5S. The summed E-state index contributed by atoms with van der Waals surface area (Å²) in [6.45, 7) is -0.0155. The number of rotatable bonds is 4. The molecule has 1 atom stereocenters. The average Bonchev–Trinajstić information content (AvgIpc) is 2.87. The molecule has 7 nitrogen and oxygen atoms in total. The van der Waals surface area contributed by atoms with Crippen molar-refractivity contribution in [3.05, 3.63) is 33.3 Å². The molecule has 9 heteroatoms. The minimum atomic E-state index is -3.95. The van der Waals surface area contributed by atoms with Gasteiger partial charge in [0.05, 0.1) is 16.6 Å². The number of aliphatic hydroxyl groups excluding tert-OH is 1. The molecule has 0 amide bonds. The van der Waals surface area contributed by atoms with E-state index in [0.717, 1.165) is 16.4 Å². The molecule has 1 aliphatic heterocycles. The van der Waals surface area contributed by atoms with Crippen LogP contribution >= 0.6 is 11.6 Å². The monoisotopic (exact) mass is 320 g/mol. The van der Waals surface area contributed by atoms with Crippen LogP contribution in [0.25, 0.3) is 0 Å². The normalized spacial score (nSPS) is 20.2. The van der Waals surface area contributed by atoms with Crippen LogP contribution < -0.4 is 0 Å². The smallest absolute Gasteiger partial charge is 0.270 e. The highest BCUT2D eigenvalue weighted by atomic mass is 35.5. The molecule has 2 rings (SSSR count). The van der Waals surface area contributed by atoms with Crippen molar-refractivity contribution >= 4 is 27.3 Å². The van der Waals surface area contributed by atoms with Gasteiger partial charge in [-0.15, -0.1) is 0 Å². The minimum Gasteiger partial charge on any atom is -0.395 e. The number of halogens is 1. The second-order valence-electron chi connectivity index (χ2n) is 4.47. The number of nitro benzene ring substituents is 1. The summed E-state index contributed by atoms with van der Waals surface area (Å²) < 4.78 is 26.2. The second-order valence-corrected chi connectivity index (χ2v) is 6.73. The van der Waals surface area contributed by atoms with Gasteiger partial charge in [-0.25, -0.2) is 8.42 Å². The highest BCUT2D eigenvalue weighted by Crippen LogP contribution is 2.32. The van der Waals surface area contributed by atoms with E-state index >= 15 is 0 Å². The first-order valence-electron chi connectivity index (χ1n) is 5.94. The summed E-state index contributed by atoms with van der Waals surface area (Å²) >= 11 is 5.86. The summed E-state index contributed by atoms with van der Waals surface area (Å²) in [4.78, 5) is 9.77. The van der Waals surface area contributed by atoms with Gasteiger partial charge < -0.3 is 5.11 Å².